The molecule has 6 heteroatoms. The van der Waals surface area contributed by atoms with E-state index in [1.165, 1.54) is 0 Å². The molecule has 0 saturated carbocycles. The lowest BCUT2D eigenvalue weighted by Crippen LogP contribution is -2.49. The molecule has 6 nitrogen and oxygen atoms in total. The van der Waals surface area contributed by atoms with Gasteiger partial charge in [0.25, 0.3) is 0 Å². The standard InChI is InChI=1S/C10H20N2O4/c1-6(2)7(4-11)8(13)12-5-10(3,16)9(14)15/h6-7,16H,4-5,11H2,1-3H3,(H,12,13)(H,14,15). The minimum absolute atomic E-state index is 0.0692. The number of nitrogens with one attached hydrogen (secondary N) is 1. The molecule has 0 heterocycles. The summed E-state index contributed by atoms with van der Waals surface area (Å²) in [7, 11) is 0. The van der Waals surface area contributed by atoms with Gasteiger partial charge in [0.05, 0.1) is 12.5 Å². The van der Waals surface area contributed by atoms with Gasteiger partial charge in [0.1, 0.15) is 0 Å². The van der Waals surface area contributed by atoms with E-state index in [-0.39, 0.29) is 30.8 Å². The molecule has 5 N–H and O–H groups in total. The van der Waals surface area contributed by atoms with Gasteiger partial charge in [0.15, 0.2) is 5.60 Å². The number of aliphatic hydroxyl groups is 1. The van der Waals surface area contributed by atoms with Crippen LogP contribution < -0.4 is 11.1 Å². The molecule has 0 rings (SSSR count). The van der Waals surface area contributed by atoms with Crippen molar-refractivity contribution in [2.24, 2.45) is 17.6 Å². The predicted molar refractivity (Wildman–Crippen MR) is 58.7 cm³/mol. The zero-order chi connectivity index (χ0) is 12.9. The van der Waals surface area contributed by atoms with Gasteiger partial charge in [0.2, 0.25) is 5.91 Å². The zero-order valence-electron chi connectivity index (χ0n) is 9.86. The molecular weight excluding hydrogens is 212 g/mol. The van der Waals surface area contributed by atoms with E-state index in [1.807, 2.05) is 13.8 Å². The van der Waals surface area contributed by atoms with Crippen molar-refractivity contribution in [3.63, 3.8) is 0 Å². The fraction of sp³-hybridized carbons (Fsp3) is 0.800. The number of nitrogens with two attached hydrogens (primary N) is 1. The molecule has 0 aromatic heterocycles. The van der Waals surface area contributed by atoms with Crippen LogP contribution in [0.25, 0.3) is 0 Å². The first-order valence-corrected chi connectivity index (χ1v) is 5.16. The number of rotatable bonds is 6. The zero-order valence-corrected chi connectivity index (χ0v) is 9.86. The Hall–Kier alpha value is -1.14. The van der Waals surface area contributed by atoms with Gasteiger partial charge >= 0.3 is 5.97 Å². The number of carboxylic acids is 1. The second kappa shape index (κ2) is 5.81. The third-order valence-electron chi connectivity index (χ3n) is 2.46. The van der Waals surface area contributed by atoms with Gasteiger partial charge in [-0.1, -0.05) is 13.8 Å². The number of carboxylic acid groups (broad SMARTS) is 1. The normalized spacial score (nSPS) is 16.6. The van der Waals surface area contributed by atoms with Gasteiger partial charge < -0.3 is 21.3 Å². The molecule has 0 saturated heterocycles. The Kier molecular flexibility index (Phi) is 5.40. The van der Waals surface area contributed by atoms with E-state index in [2.05, 4.69) is 5.32 Å². The maximum Gasteiger partial charge on any atom is 0.337 e. The number of carbonyl (C=O) groups is 2. The Labute approximate surface area is 94.8 Å². The topological polar surface area (TPSA) is 113 Å². The van der Waals surface area contributed by atoms with Crippen molar-refractivity contribution in [3.05, 3.63) is 0 Å². The minimum Gasteiger partial charge on any atom is -0.479 e. The molecule has 0 spiro atoms. The van der Waals surface area contributed by atoms with Crippen molar-refractivity contribution < 1.29 is 19.8 Å². The van der Waals surface area contributed by atoms with Gasteiger partial charge in [-0.05, 0) is 12.8 Å². The molecule has 0 aliphatic rings. The van der Waals surface area contributed by atoms with Gasteiger partial charge in [-0.25, -0.2) is 4.79 Å². The summed E-state index contributed by atoms with van der Waals surface area (Å²) in [6.45, 7) is 4.70. The first kappa shape index (κ1) is 14.9. The molecule has 2 atom stereocenters. The van der Waals surface area contributed by atoms with E-state index < -0.39 is 11.6 Å². The average molecular weight is 232 g/mol. The molecule has 0 aromatic rings. The summed E-state index contributed by atoms with van der Waals surface area (Å²) in [4.78, 5) is 22.2. The largest absolute Gasteiger partial charge is 0.479 e. The van der Waals surface area contributed by atoms with Crippen LogP contribution in [0.1, 0.15) is 20.8 Å². The highest BCUT2D eigenvalue weighted by Gasteiger charge is 2.31. The Bertz CT molecular complexity index is 264. The molecule has 2 unspecified atom stereocenters. The predicted octanol–water partition coefficient (Wildman–Crippen LogP) is -0.831. The van der Waals surface area contributed by atoms with Crippen LogP contribution in [0.15, 0.2) is 0 Å². The first-order chi connectivity index (χ1) is 7.22. The van der Waals surface area contributed by atoms with Crippen molar-refractivity contribution in [1.29, 1.82) is 0 Å². The fourth-order valence-corrected chi connectivity index (χ4v) is 1.15. The van der Waals surface area contributed by atoms with E-state index in [9.17, 15) is 14.7 Å². The molecular formula is C10H20N2O4. The second-order valence-corrected chi connectivity index (χ2v) is 4.38. The first-order valence-electron chi connectivity index (χ1n) is 5.16. The smallest absolute Gasteiger partial charge is 0.337 e. The molecule has 16 heavy (non-hydrogen) atoms. The van der Waals surface area contributed by atoms with Crippen molar-refractivity contribution in [1.82, 2.24) is 5.32 Å². The van der Waals surface area contributed by atoms with Crippen LogP contribution >= 0.6 is 0 Å². The monoisotopic (exact) mass is 232 g/mol. The highest BCUT2D eigenvalue weighted by Crippen LogP contribution is 2.09. The van der Waals surface area contributed by atoms with E-state index >= 15 is 0 Å². The SMILES string of the molecule is CC(C)C(CN)C(=O)NCC(C)(O)C(=O)O. The van der Waals surface area contributed by atoms with Gasteiger partial charge in [-0.3, -0.25) is 4.79 Å². The average Bonchev–Trinajstić information content (AvgIpc) is 2.15. The summed E-state index contributed by atoms with van der Waals surface area (Å²) in [6, 6.07) is 0. The molecule has 0 radical (unpaired) electrons. The van der Waals surface area contributed by atoms with E-state index in [1.54, 1.807) is 0 Å². The van der Waals surface area contributed by atoms with Crippen LogP contribution in [0, 0.1) is 11.8 Å². The van der Waals surface area contributed by atoms with Gasteiger partial charge in [-0.15, -0.1) is 0 Å². The maximum absolute atomic E-state index is 11.6. The van der Waals surface area contributed by atoms with Gasteiger partial charge in [0, 0.05) is 6.54 Å². The summed E-state index contributed by atoms with van der Waals surface area (Å²) in [5.74, 6) is -2.01. The van der Waals surface area contributed by atoms with Crippen LogP contribution in [0.3, 0.4) is 0 Å². The van der Waals surface area contributed by atoms with Crippen molar-refractivity contribution in [2.75, 3.05) is 13.1 Å². The minimum atomic E-state index is -1.95. The lowest BCUT2D eigenvalue weighted by Gasteiger charge is -2.22. The Balaban J connectivity index is 4.31. The number of amides is 1. The highest BCUT2D eigenvalue weighted by atomic mass is 16.4. The van der Waals surface area contributed by atoms with E-state index in [0.29, 0.717) is 0 Å². The van der Waals surface area contributed by atoms with Crippen molar-refractivity contribution in [2.45, 2.75) is 26.4 Å². The summed E-state index contributed by atoms with van der Waals surface area (Å²) in [5, 5.41) is 20.4. The van der Waals surface area contributed by atoms with E-state index in [0.717, 1.165) is 6.92 Å². The highest BCUT2D eigenvalue weighted by molar-refractivity contribution is 5.81. The Morgan fingerprint density at radius 3 is 2.25 bits per heavy atom. The molecule has 1 amide bonds. The fourth-order valence-electron chi connectivity index (χ4n) is 1.15. The van der Waals surface area contributed by atoms with Crippen LogP contribution in [-0.2, 0) is 9.59 Å². The maximum atomic E-state index is 11.6. The lowest BCUT2D eigenvalue weighted by atomic mass is 9.95. The Morgan fingerprint density at radius 2 is 1.94 bits per heavy atom. The third-order valence-corrected chi connectivity index (χ3v) is 2.46. The second-order valence-electron chi connectivity index (χ2n) is 4.38. The lowest BCUT2D eigenvalue weighted by molar-refractivity contribution is -0.156. The third kappa shape index (κ3) is 4.16. The van der Waals surface area contributed by atoms with E-state index in [4.69, 9.17) is 10.8 Å². The van der Waals surface area contributed by atoms with Crippen LogP contribution in [0.5, 0.6) is 0 Å². The van der Waals surface area contributed by atoms with Crippen molar-refractivity contribution >= 4 is 11.9 Å². The quantitative estimate of drug-likeness (QED) is 0.477. The summed E-state index contributed by atoms with van der Waals surface area (Å²) < 4.78 is 0. The number of carbonyl (C=O) groups excluding carboxylic acids is 1. The Morgan fingerprint density at radius 1 is 1.44 bits per heavy atom. The van der Waals surface area contributed by atoms with Gasteiger partial charge in [-0.2, -0.15) is 0 Å². The number of hydrogen-bond donors (Lipinski definition) is 4. The molecule has 0 aromatic carbocycles. The van der Waals surface area contributed by atoms with Crippen LogP contribution in [-0.4, -0.2) is 40.8 Å². The molecule has 0 aliphatic heterocycles. The molecule has 94 valence electrons. The van der Waals surface area contributed by atoms with Crippen molar-refractivity contribution in [3.8, 4) is 0 Å². The number of aliphatic carboxylic acids is 1. The molecule has 0 bridgehead atoms. The molecule has 0 fully saturated rings. The molecule has 0 aliphatic carbocycles. The van der Waals surface area contributed by atoms with Crippen LogP contribution in [0.2, 0.25) is 0 Å². The summed E-state index contributed by atoms with van der Waals surface area (Å²) in [5.41, 5.74) is 3.48. The summed E-state index contributed by atoms with van der Waals surface area (Å²) >= 11 is 0. The number of hydrogen-bond acceptors (Lipinski definition) is 4. The van der Waals surface area contributed by atoms with Crippen LogP contribution in [0.4, 0.5) is 0 Å². The summed E-state index contributed by atoms with van der Waals surface area (Å²) in [6.07, 6.45) is 0.